The summed E-state index contributed by atoms with van der Waals surface area (Å²) in [6.45, 7) is 6.60. The molecule has 2 heterocycles. The minimum Gasteiger partial charge on any atom is -0.340 e. The molecule has 6 nitrogen and oxygen atoms in total. The van der Waals surface area contributed by atoms with Gasteiger partial charge in [-0.3, -0.25) is 19.5 Å². The van der Waals surface area contributed by atoms with Crippen LogP contribution in [0.25, 0.3) is 10.9 Å². The Bertz CT molecular complexity index is 1080. The van der Waals surface area contributed by atoms with Crippen molar-refractivity contribution in [1.82, 2.24) is 14.8 Å². The predicted molar refractivity (Wildman–Crippen MR) is 123 cm³/mol. The van der Waals surface area contributed by atoms with Crippen LogP contribution in [0.2, 0.25) is 0 Å². The number of piperazine rings is 1. The van der Waals surface area contributed by atoms with E-state index in [2.05, 4.69) is 15.2 Å². The lowest BCUT2D eigenvalue weighted by atomic mass is 10.0. The minimum absolute atomic E-state index is 0.0453. The van der Waals surface area contributed by atoms with Crippen molar-refractivity contribution in [2.75, 3.05) is 31.5 Å². The zero-order valence-corrected chi connectivity index (χ0v) is 18.0. The third-order valence-electron chi connectivity index (χ3n) is 6.10. The van der Waals surface area contributed by atoms with Gasteiger partial charge in [0, 0.05) is 37.8 Å². The summed E-state index contributed by atoms with van der Waals surface area (Å²) in [6, 6.07) is 17.3. The number of carbonyl (C=O) groups is 2. The molecular formula is C25H28N4O2. The molecule has 2 aromatic carbocycles. The van der Waals surface area contributed by atoms with E-state index in [1.54, 1.807) is 6.20 Å². The zero-order valence-electron chi connectivity index (χ0n) is 18.0. The highest BCUT2D eigenvalue weighted by Crippen LogP contribution is 2.22. The largest absolute Gasteiger partial charge is 0.340 e. The van der Waals surface area contributed by atoms with Gasteiger partial charge in [-0.25, -0.2) is 0 Å². The number of fused-ring (bicyclic) bond motifs is 1. The van der Waals surface area contributed by atoms with Gasteiger partial charge in [0.2, 0.25) is 11.8 Å². The van der Waals surface area contributed by atoms with E-state index in [1.807, 2.05) is 73.3 Å². The molecule has 1 unspecified atom stereocenters. The number of anilines is 1. The first-order chi connectivity index (χ1) is 15.0. The number of hydrogen-bond donors (Lipinski definition) is 1. The van der Waals surface area contributed by atoms with Gasteiger partial charge < -0.3 is 10.2 Å². The third-order valence-corrected chi connectivity index (χ3v) is 6.10. The summed E-state index contributed by atoms with van der Waals surface area (Å²) in [5.74, 6) is 0.102. The number of aryl methyl sites for hydroxylation is 1. The van der Waals surface area contributed by atoms with Gasteiger partial charge in [-0.2, -0.15) is 0 Å². The van der Waals surface area contributed by atoms with Crippen LogP contribution in [-0.4, -0.2) is 58.8 Å². The van der Waals surface area contributed by atoms with Crippen molar-refractivity contribution in [3.63, 3.8) is 0 Å². The molecule has 1 saturated heterocycles. The first kappa shape index (κ1) is 21.0. The van der Waals surface area contributed by atoms with E-state index in [4.69, 9.17) is 0 Å². The maximum absolute atomic E-state index is 12.9. The summed E-state index contributed by atoms with van der Waals surface area (Å²) in [5.41, 5.74) is 3.85. The van der Waals surface area contributed by atoms with Crippen molar-refractivity contribution < 1.29 is 9.59 Å². The van der Waals surface area contributed by atoms with Crippen LogP contribution < -0.4 is 5.32 Å². The summed E-state index contributed by atoms with van der Waals surface area (Å²) in [7, 11) is 0. The highest BCUT2D eigenvalue weighted by molar-refractivity contribution is 6.02. The first-order valence-electron chi connectivity index (χ1n) is 10.7. The number of nitrogens with zero attached hydrogens (tertiary/aromatic N) is 3. The van der Waals surface area contributed by atoms with Gasteiger partial charge in [-0.15, -0.1) is 0 Å². The molecule has 0 aliphatic carbocycles. The second kappa shape index (κ2) is 9.27. The van der Waals surface area contributed by atoms with E-state index in [9.17, 15) is 9.59 Å². The second-order valence-corrected chi connectivity index (χ2v) is 8.06. The van der Waals surface area contributed by atoms with E-state index >= 15 is 0 Å². The number of nitrogens with one attached hydrogen (secondary N) is 1. The zero-order chi connectivity index (χ0) is 21.8. The van der Waals surface area contributed by atoms with Gasteiger partial charge >= 0.3 is 0 Å². The standard InChI is InChI=1S/C25H28N4O2/c1-18-7-3-4-8-20(18)17-24(30)29-15-13-28(14-16-29)19(2)25(31)27-23-11-5-10-22-21(23)9-6-12-26-22/h3-12,19H,13-17H2,1-2H3,(H,27,31). The predicted octanol–water partition coefficient (Wildman–Crippen LogP) is 3.26. The van der Waals surface area contributed by atoms with E-state index in [0.717, 1.165) is 27.7 Å². The average molecular weight is 417 g/mol. The molecular weight excluding hydrogens is 388 g/mol. The van der Waals surface area contributed by atoms with Crippen molar-refractivity contribution in [2.45, 2.75) is 26.3 Å². The summed E-state index contributed by atoms with van der Waals surface area (Å²) in [6.07, 6.45) is 2.17. The Morgan fingerprint density at radius 2 is 1.77 bits per heavy atom. The topological polar surface area (TPSA) is 65.5 Å². The third kappa shape index (κ3) is 4.75. The van der Waals surface area contributed by atoms with Crippen LogP contribution >= 0.6 is 0 Å². The molecule has 4 rings (SSSR count). The molecule has 160 valence electrons. The van der Waals surface area contributed by atoms with Gasteiger partial charge in [0.25, 0.3) is 0 Å². The maximum Gasteiger partial charge on any atom is 0.241 e. The highest BCUT2D eigenvalue weighted by Gasteiger charge is 2.27. The van der Waals surface area contributed by atoms with Crippen LogP contribution in [0.5, 0.6) is 0 Å². The lowest BCUT2D eigenvalue weighted by Crippen LogP contribution is -2.54. The average Bonchev–Trinajstić information content (AvgIpc) is 2.80. The van der Waals surface area contributed by atoms with Crippen LogP contribution in [-0.2, 0) is 16.0 Å². The van der Waals surface area contributed by atoms with E-state index in [1.165, 1.54) is 0 Å². The Kier molecular flexibility index (Phi) is 6.28. The molecule has 1 aromatic heterocycles. The minimum atomic E-state index is -0.277. The molecule has 0 radical (unpaired) electrons. The van der Waals surface area contributed by atoms with Gasteiger partial charge in [0.15, 0.2) is 0 Å². The van der Waals surface area contributed by atoms with Crippen LogP contribution in [0.4, 0.5) is 5.69 Å². The Hall–Kier alpha value is -3.25. The summed E-state index contributed by atoms with van der Waals surface area (Å²) < 4.78 is 0. The fourth-order valence-corrected chi connectivity index (χ4v) is 4.06. The molecule has 0 saturated carbocycles. The lowest BCUT2D eigenvalue weighted by molar-refractivity contribution is -0.133. The van der Waals surface area contributed by atoms with Gasteiger partial charge in [-0.1, -0.05) is 30.3 Å². The number of aromatic nitrogens is 1. The van der Waals surface area contributed by atoms with Crippen molar-refractivity contribution in [1.29, 1.82) is 0 Å². The number of pyridine rings is 1. The van der Waals surface area contributed by atoms with Crippen LogP contribution in [0.15, 0.2) is 60.8 Å². The van der Waals surface area contributed by atoms with Crippen molar-refractivity contribution in [2.24, 2.45) is 0 Å². The number of amides is 2. The molecule has 31 heavy (non-hydrogen) atoms. The Morgan fingerprint density at radius 3 is 2.55 bits per heavy atom. The maximum atomic E-state index is 12.9. The fourth-order valence-electron chi connectivity index (χ4n) is 4.06. The molecule has 1 atom stereocenters. The Balaban J connectivity index is 1.33. The van der Waals surface area contributed by atoms with E-state index in [0.29, 0.717) is 32.6 Å². The number of rotatable bonds is 5. The van der Waals surface area contributed by atoms with Crippen molar-refractivity contribution >= 4 is 28.4 Å². The summed E-state index contributed by atoms with van der Waals surface area (Å²) in [5, 5.41) is 3.98. The fraction of sp³-hybridized carbons (Fsp3) is 0.320. The van der Waals surface area contributed by atoms with Crippen molar-refractivity contribution in [3.05, 3.63) is 71.9 Å². The van der Waals surface area contributed by atoms with Gasteiger partial charge in [0.1, 0.15) is 0 Å². The highest BCUT2D eigenvalue weighted by atomic mass is 16.2. The molecule has 3 aromatic rings. The quantitative estimate of drug-likeness (QED) is 0.693. The van der Waals surface area contributed by atoms with Crippen LogP contribution in [0.1, 0.15) is 18.1 Å². The lowest BCUT2D eigenvalue weighted by Gasteiger charge is -2.37. The molecule has 2 amide bonds. The van der Waals surface area contributed by atoms with E-state index in [-0.39, 0.29) is 17.9 Å². The summed E-state index contributed by atoms with van der Waals surface area (Å²) >= 11 is 0. The Labute approximate surface area is 182 Å². The van der Waals surface area contributed by atoms with Gasteiger partial charge in [0.05, 0.1) is 23.7 Å². The SMILES string of the molecule is Cc1ccccc1CC(=O)N1CCN(C(C)C(=O)Nc2cccc3ncccc23)CC1. The number of carbonyl (C=O) groups excluding carboxylic acids is 2. The monoisotopic (exact) mass is 416 g/mol. The summed E-state index contributed by atoms with van der Waals surface area (Å²) in [4.78, 5) is 34.0. The second-order valence-electron chi connectivity index (χ2n) is 8.06. The first-order valence-corrected chi connectivity index (χ1v) is 10.7. The molecule has 0 bridgehead atoms. The Morgan fingerprint density at radius 1 is 1.00 bits per heavy atom. The molecule has 1 aliphatic rings. The van der Waals surface area contributed by atoms with Crippen molar-refractivity contribution in [3.8, 4) is 0 Å². The van der Waals surface area contributed by atoms with Crippen LogP contribution in [0.3, 0.4) is 0 Å². The molecule has 1 N–H and O–H groups in total. The molecule has 6 heteroatoms. The van der Waals surface area contributed by atoms with Gasteiger partial charge in [-0.05, 0) is 49.2 Å². The van der Waals surface area contributed by atoms with Crippen LogP contribution in [0, 0.1) is 6.92 Å². The number of hydrogen-bond acceptors (Lipinski definition) is 4. The normalized spacial score (nSPS) is 15.6. The number of benzene rings is 2. The molecule has 0 spiro atoms. The molecule has 1 aliphatic heterocycles. The van der Waals surface area contributed by atoms with E-state index < -0.39 is 0 Å². The molecule has 1 fully saturated rings. The smallest absolute Gasteiger partial charge is 0.241 e.